The van der Waals surface area contributed by atoms with E-state index in [0.717, 1.165) is 54.6 Å². The molecule has 1 aromatic rings. The number of likely N-dealkylation sites (tertiary alicyclic amines) is 1. The maximum absolute atomic E-state index is 11.3. The van der Waals surface area contributed by atoms with Gasteiger partial charge in [0.25, 0.3) is 0 Å². The van der Waals surface area contributed by atoms with E-state index in [4.69, 9.17) is 0 Å². The van der Waals surface area contributed by atoms with Crippen LogP contribution in [0.4, 0.5) is 5.13 Å². The molecule has 0 bridgehead atoms. The number of anilines is 1. The van der Waals surface area contributed by atoms with Crippen molar-refractivity contribution in [1.29, 1.82) is 0 Å². The van der Waals surface area contributed by atoms with Gasteiger partial charge in [-0.3, -0.25) is 4.79 Å². The minimum absolute atomic E-state index is 0.400. The summed E-state index contributed by atoms with van der Waals surface area (Å²) in [6.45, 7) is 6.63. The number of carboxylic acids is 1. The normalized spacial score (nSPS) is 25.8. The van der Waals surface area contributed by atoms with Crippen molar-refractivity contribution in [2.24, 2.45) is 5.92 Å². The van der Waals surface area contributed by atoms with Gasteiger partial charge in [-0.25, -0.2) is 4.98 Å². The maximum atomic E-state index is 11.3. The van der Waals surface area contributed by atoms with Gasteiger partial charge in [-0.15, -0.1) is 11.3 Å². The second-order valence-corrected chi connectivity index (χ2v) is 7.12. The van der Waals surface area contributed by atoms with Crippen molar-refractivity contribution in [3.8, 4) is 0 Å². The van der Waals surface area contributed by atoms with Gasteiger partial charge in [-0.05, 0) is 44.7 Å². The molecule has 3 rings (SSSR count). The number of aliphatic carboxylic acids is 1. The molecule has 1 saturated heterocycles. The summed E-state index contributed by atoms with van der Waals surface area (Å²) in [4.78, 5) is 19.5. The van der Waals surface area contributed by atoms with Crippen LogP contribution in [0.3, 0.4) is 0 Å². The van der Waals surface area contributed by atoms with Gasteiger partial charge >= 0.3 is 5.97 Å². The molecule has 2 heterocycles. The maximum Gasteiger partial charge on any atom is 0.312 e. The molecule has 5 nitrogen and oxygen atoms in total. The third-order valence-corrected chi connectivity index (χ3v) is 5.70. The first-order chi connectivity index (χ1) is 10.2. The highest BCUT2D eigenvalue weighted by Crippen LogP contribution is 2.36. The first-order valence-corrected chi connectivity index (χ1v) is 8.67. The number of fused-ring (bicyclic) bond motifs is 1. The fraction of sp³-hybridized carbons (Fsp3) is 0.733. The third-order valence-electron chi connectivity index (χ3n) is 4.61. The standard InChI is InChI=1S/C15H23N3O2S/c1-2-18-7-6-10(9-18)8-16-15-17-13-11(14(19)20)4-3-5-12(13)21-15/h10-11H,2-9H2,1H3,(H,16,17)(H,19,20). The number of nitrogens with zero attached hydrogens (tertiary/aromatic N) is 2. The molecule has 0 radical (unpaired) electrons. The summed E-state index contributed by atoms with van der Waals surface area (Å²) in [7, 11) is 0. The van der Waals surface area contributed by atoms with Crippen molar-refractivity contribution in [3.63, 3.8) is 0 Å². The molecule has 0 aromatic carbocycles. The number of hydrogen-bond acceptors (Lipinski definition) is 5. The van der Waals surface area contributed by atoms with Gasteiger partial charge in [0.1, 0.15) is 5.92 Å². The van der Waals surface area contributed by atoms with Crippen LogP contribution in [0.1, 0.15) is 42.7 Å². The summed E-state index contributed by atoms with van der Waals surface area (Å²) in [6.07, 6.45) is 3.90. The average molecular weight is 309 g/mol. The van der Waals surface area contributed by atoms with E-state index in [1.807, 2.05) is 0 Å². The lowest BCUT2D eigenvalue weighted by Gasteiger charge is -2.16. The van der Waals surface area contributed by atoms with Crippen LogP contribution in [0.25, 0.3) is 0 Å². The van der Waals surface area contributed by atoms with Crippen LogP contribution in [-0.2, 0) is 11.2 Å². The Hall–Kier alpha value is -1.14. The zero-order valence-corrected chi connectivity index (χ0v) is 13.3. The Morgan fingerprint density at radius 2 is 2.38 bits per heavy atom. The van der Waals surface area contributed by atoms with Crippen LogP contribution in [0.15, 0.2) is 0 Å². The lowest BCUT2D eigenvalue weighted by atomic mass is 9.91. The van der Waals surface area contributed by atoms with Gasteiger partial charge in [-0.1, -0.05) is 6.92 Å². The number of aromatic nitrogens is 1. The van der Waals surface area contributed by atoms with E-state index in [9.17, 15) is 9.90 Å². The van der Waals surface area contributed by atoms with Crippen LogP contribution < -0.4 is 5.32 Å². The van der Waals surface area contributed by atoms with Gasteiger partial charge in [0.15, 0.2) is 5.13 Å². The van der Waals surface area contributed by atoms with Crippen molar-refractivity contribution in [3.05, 3.63) is 10.6 Å². The Morgan fingerprint density at radius 1 is 1.52 bits per heavy atom. The van der Waals surface area contributed by atoms with Crippen LogP contribution >= 0.6 is 11.3 Å². The van der Waals surface area contributed by atoms with Crippen molar-refractivity contribution in [2.45, 2.75) is 38.5 Å². The number of rotatable bonds is 5. The third kappa shape index (κ3) is 3.21. The van der Waals surface area contributed by atoms with Crippen molar-refractivity contribution in [1.82, 2.24) is 9.88 Å². The zero-order valence-electron chi connectivity index (χ0n) is 12.5. The first kappa shape index (κ1) is 14.8. The summed E-state index contributed by atoms with van der Waals surface area (Å²) < 4.78 is 0. The largest absolute Gasteiger partial charge is 0.481 e. The van der Waals surface area contributed by atoms with Crippen LogP contribution in [-0.4, -0.2) is 47.1 Å². The minimum Gasteiger partial charge on any atom is -0.481 e. The van der Waals surface area contributed by atoms with Gasteiger partial charge in [0.2, 0.25) is 0 Å². The molecule has 116 valence electrons. The van der Waals surface area contributed by atoms with E-state index >= 15 is 0 Å². The van der Waals surface area contributed by atoms with Crippen LogP contribution in [0.2, 0.25) is 0 Å². The molecule has 6 heteroatoms. The molecule has 2 aliphatic rings. The van der Waals surface area contributed by atoms with Crippen LogP contribution in [0, 0.1) is 5.92 Å². The molecule has 1 fully saturated rings. The number of hydrogen-bond donors (Lipinski definition) is 2. The summed E-state index contributed by atoms with van der Waals surface area (Å²) >= 11 is 1.65. The SMILES string of the molecule is CCN1CCC(CNc2nc3c(s2)CCCC3C(=O)O)C1. The van der Waals surface area contributed by atoms with Gasteiger partial charge < -0.3 is 15.3 Å². The number of thiazole rings is 1. The summed E-state index contributed by atoms with van der Waals surface area (Å²) in [5.41, 5.74) is 0.808. The van der Waals surface area contributed by atoms with Gasteiger partial charge in [0.05, 0.1) is 5.69 Å². The predicted octanol–water partition coefficient (Wildman–Crippen LogP) is 2.40. The predicted molar refractivity (Wildman–Crippen MR) is 84.1 cm³/mol. The summed E-state index contributed by atoms with van der Waals surface area (Å²) in [5, 5.41) is 13.6. The molecule has 0 saturated carbocycles. The molecule has 0 amide bonds. The summed E-state index contributed by atoms with van der Waals surface area (Å²) in [5.74, 6) is -0.453. The zero-order chi connectivity index (χ0) is 14.8. The van der Waals surface area contributed by atoms with E-state index in [2.05, 4.69) is 22.1 Å². The molecule has 1 aliphatic carbocycles. The smallest absolute Gasteiger partial charge is 0.312 e. The second kappa shape index (κ2) is 6.32. The molecule has 1 aliphatic heterocycles. The molecular weight excluding hydrogens is 286 g/mol. The van der Waals surface area contributed by atoms with Crippen molar-refractivity contribution >= 4 is 22.4 Å². The Kier molecular flexibility index (Phi) is 4.45. The molecule has 21 heavy (non-hydrogen) atoms. The van der Waals surface area contributed by atoms with Crippen LogP contribution in [0.5, 0.6) is 0 Å². The van der Waals surface area contributed by atoms with Crippen molar-refractivity contribution < 1.29 is 9.90 Å². The fourth-order valence-corrected chi connectivity index (χ4v) is 4.40. The molecular formula is C15H23N3O2S. The fourth-order valence-electron chi connectivity index (χ4n) is 3.33. The Labute approximate surface area is 129 Å². The number of carbonyl (C=O) groups is 1. The monoisotopic (exact) mass is 309 g/mol. The minimum atomic E-state index is -0.734. The van der Waals surface area contributed by atoms with Gasteiger partial charge in [0, 0.05) is 18.0 Å². The highest BCUT2D eigenvalue weighted by Gasteiger charge is 2.30. The van der Waals surface area contributed by atoms with E-state index in [-0.39, 0.29) is 0 Å². The van der Waals surface area contributed by atoms with E-state index in [0.29, 0.717) is 5.92 Å². The molecule has 2 atom stereocenters. The van der Waals surface area contributed by atoms with E-state index in [1.165, 1.54) is 13.0 Å². The quantitative estimate of drug-likeness (QED) is 0.874. The Balaban J connectivity index is 1.61. The number of nitrogens with one attached hydrogen (secondary N) is 1. The highest BCUT2D eigenvalue weighted by atomic mass is 32.1. The van der Waals surface area contributed by atoms with E-state index < -0.39 is 11.9 Å². The first-order valence-electron chi connectivity index (χ1n) is 7.86. The lowest BCUT2D eigenvalue weighted by Crippen LogP contribution is -2.22. The average Bonchev–Trinajstić information content (AvgIpc) is 3.10. The summed E-state index contributed by atoms with van der Waals surface area (Å²) in [6, 6.07) is 0. The van der Waals surface area contributed by atoms with Crippen molar-refractivity contribution in [2.75, 3.05) is 31.5 Å². The van der Waals surface area contributed by atoms with Gasteiger partial charge in [-0.2, -0.15) is 0 Å². The molecule has 2 unspecified atom stereocenters. The molecule has 2 N–H and O–H groups in total. The highest BCUT2D eigenvalue weighted by molar-refractivity contribution is 7.15. The number of carboxylic acid groups (broad SMARTS) is 1. The van der Waals surface area contributed by atoms with E-state index in [1.54, 1.807) is 11.3 Å². The number of aryl methyl sites for hydroxylation is 1. The molecule has 1 aromatic heterocycles. The Morgan fingerprint density at radius 3 is 3.10 bits per heavy atom. The second-order valence-electron chi connectivity index (χ2n) is 6.04. The topological polar surface area (TPSA) is 65.5 Å². The lowest BCUT2D eigenvalue weighted by molar-refractivity contribution is -0.139. The molecule has 0 spiro atoms. The Bertz CT molecular complexity index is 517.